The Morgan fingerprint density at radius 1 is 1.33 bits per heavy atom. The SMILES string of the molecule is CCN(CC)C(=O)C(C)NC(=O)N1CCC[C@H](C(=O)O)C1. The highest BCUT2D eigenvalue weighted by atomic mass is 16.4. The highest BCUT2D eigenvalue weighted by Gasteiger charge is 2.29. The van der Waals surface area contributed by atoms with Crippen LogP contribution in [0.4, 0.5) is 4.79 Å². The number of carbonyl (C=O) groups is 3. The molecule has 0 bridgehead atoms. The molecule has 1 rings (SSSR count). The molecule has 0 saturated carbocycles. The van der Waals surface area contributed by atoms with Gasteiger partial charge in [0.1, 0.15) is 6.04 Å². The molecule has 1 fully saturated rings. The molecule has 1 unspecified atom stereocenters. The van der Waals surface area contributed by atoms with Crippen LogP contribution in [-0.4, -0.2) is 65.0 Å². The number of aliphatic carboxylic acids is 1. The minimum Gasteiger partial charge on any atom is -0.481 e. The summed E-state index contributed by atoms with van der Waals surface area (Å²) in [5.41, 5.74) is 0. The summed E-state index contributed by atoms with van der Waals surface area (Å²) in [7, 11) is 0. The Bertz CT molecular complexity index is 396. The van der Waals surface area contributed by atoms with E-state index in [1.54, 1.807) is 11.8 Å². The van der Waals surface area contributed by atoms with Crippen LogP contribution < -0.4 is 5.32 Å². The van der Waals surface area contributed by atoms with Gasteiger partial charge in [-0.1, -0.05) is 0 Å². The molecule has 0 aromatic rings. The first-order valence-electron chi connectivity index (χ1n) is 7.47. The molecule has 7 heteroatoms. The van der Waals surface area contributed by atoms with E-state index >= 15 is 0 Å². The van der Waals surface area contributed by atoms with Gasteiger partial charge in [0.05, 0.1) is 5.92 Å². The van der Waals surface area contributed by atoms with E-state index < -0.39 is 17.9 Å². The molecule has 7 nitrogen and oxygen atoms in total. The van der Waals surface area contributed by atoms with E-state index in [-0.39, 0.29) is 18.5 Å². The fourth-order valence-corrected chi connectivity index (χ4v) is 2.51. The first-order chi connectivity index (χ1) is 9.90. The van der Waals surface area contributed by atoms with Crippen LogP contribution in [0.5, 0.6) is 0 Å². The van der Waals surface area contributed by atoms with Gasteiger partial charge in [-0.15, -0.1) is 0 Å². The molecule has 0 aromatic carbocycles. The number of urea groups is 1. The van der Waals surface area contributed by atoms with E-state index in [0.29, 0.717) is 32.5 Å². The molecule has 1 saturated heterocycles. The molecule has 2 N–H and O–H groups in total. The van der Waals surface area contributed by atoms with Crippen molar-refractivity contribution in [2.24, 2.45) is 5.92 Å². The van der Waals surface area contributed by atoms with Crippen LogP contribution in [-0.2, 0) is 9.59 Å². The smallest absolute Gasteiger partial charge is 0.318 e. The molecule has 0 aromatic heterocycles. The highest BCUT2D eigenvalue weighted by Crippen LogP contribution is 2.16. The van der Waals surface area contributed by atoms with E-state index in [0.717, 1.165) is 0 Å². The largest absolute Gasteiger partial charge is 0.481 e. The maximum Gasteiger partial charge on any atom is 0.318 e. The predicted octanol–water partition coefficient (Wildman–Crippen LogP) is 0.750. The topological polar surface area (TPSA) is 90.0 Å². The maximum atomic E-state index is 12.1. The Morgan fingerprint density at radius 2 is 1.95 bits per heavy atom. The molecular formula is C14H25N3O4. The quantitative estimate of drug-likeness (QED) is 0.784. The third-order valence-electron chi connectivity index (χ3n) is 3.84. The van der Waals surface area contributed by atoms with E-state index in [1.165, 1.54) is 4.90 Å². The van der Waals surface area contributed by atoms with Crippen molar-refractivity contribution in [1.29, 1.82) is 0 Å². The summed E-state index contributed by atoms with van der Waals surface area (Å²) in [6.07, 6.45) is 1.26. The van der Waals surface area contributed by atoms with Gasteiger partial charge in [0.15, 0.2) is 0 Å². The van der Waals surface area contributed by atoms with Gasteiger partial charge in [0.2, 0.25) is 5.91 Å². The molecule has 3 amide bonds. The van der Waals surface area contributed by atoms with Crippen LogP contribution in [0, 0.1) is 5.92 Å². The lowest BCUT2D eigenvalue weighted by molar-refractivity contribution is -0.143. The second-order valence-corrected chi connectivity index (χ2v) is 5.31. The Labute approximate surface area is 125 Å². The number of nitrogens with one attached hydrogen (secondary N) is 1. The monoisotopic (exact) mass is 299 g/mol. The van der Waals surface area contributed by atoms with Gasteiger partial charge >= 0.3 is 12.0 Å². The van der Waals surface area contributed by atoms with Gasteiger partial charge in [0.25, 0.3) is 0 Å². The van der Waals surface area contributed by atoms with Crippen molar-refractivity contribution < 1.29 is 19.5 Å². The fraction of sp³-hybridized carbons (Fsp3) is 0.786. The minimum absolute atomic E-state index is 0.125. The first kappa shape index (κ1) is 17.3. The van der Waals surface area contributed by atoms with E-state index in [4.69, 9.17) is 5.11 Å². The second-order valence-electron chi connectivity index (χ2n) is 5.31. The van der Waals surface area contributed by atoms with Crippen LogP contribution in [0.15, 0.2) is 0 Å². The summed E-state index contributed by atoms with van der Waals surface area (Å²) in [4.78, 5) is 38.4. The number of hydrogen-bond donors (Lipinski definition) is 2. The average molecular weight is 299 g/mol. The van der Waals surface area contributed by atoms with Gasteiger partial charge in [-0.25, -0.2) is 4.79 Å². The van der Waals surface area contributed by atoms with Crippen LogP contribution >= 0.6 is 0 Å². The average Bonchev–Trinajstić information content (AvgIpc) is 2.48. The van der Waals surface area contributed by atoms with E-state index in [9.17, 15) is 14.4 Å². The highest BCUT2D eigenvalue weighted by molar-refractivity contribution is 5.87. The van der Waals surface area contributed by atoms with Crippen molar-refractivity contribution in [2.45, 2.75) is 39.7 Å². The van der Waals surface area contributed by atoms with Crippen molar-refractivity contribution in [3.63, 3.8) is 0 Å². The summed E-state index contributed by atoms with van der Waals surface area (Å²) < 4.78 is 0. The number of nitrogens with zero attached hydrogens (tertiary/aromatic N) is 2. The Morgan fingerprint density at radius 3 is 2.48 bits per heavy atom. The third-order valence-corrected chi connectivity index (χ3v) is 3.84. The lowest BCUT2D eigenvalue weighted by Crippen LogP contribution is -2.53. The molecule has 2 atom stereocenters. The molecule has 0 aliphatic carbocycles. The van der Waals surface area contributed by atoms with Gasteiger partial charge < -0.3 is 20.2 Å². The number of carbonyl (C=O) groups excluding carboxylic acids is 2. The number of carboxylic acids is 1. The van der Waals surface area contributed by atoms with Crippen LogP contribution in [0.3, 0.4) is 0 Å². The van der Waals surface area contributed by atoms with Gasteiger partial charge in [-0.3, -0.25) is 9.59 Å². The fourth-order valence-electron chi connectivity index (χ4n) is 2.51. The van der Waals surface area contributed by atoms with Crippen LogP contribution in [0.1, 0.15) is 33.6 Å². The lowest BCUT2D eigenvalue weighted by Gasteiger charge is -2.32. The molecule has 21 heavy (non-hydrogen) atoms. The molecule has 0 spiro atoms. The number of likely N-dealkylation sites (N-methyl/N-ethyl adjacent to an activating group) is 1. The van der Waals surface area contributed by atoms with Gasteiger partial charge in [-0.2, -0.15) is 0 Å². The summed E-state index contributed by atoms with van der Waals surface area (Å²) in [5, 5.41) is 11.7. The summed E-state index contributed by atoms with van der Waals surface area (Å²) in [6.45, 7) is 7.35. The molecule has 1 aliphatic heterocycles. The Hall–Kier alpha value is -1.79. The van der Waals surface area contributed by atoms with Gasteiger partial charge in [0, 0.05) is 26.2 Å². The Kier molecular flexibility index (Phi) is 6.45. The molecule has 1 heterocycles. The predicted molar refractivity (Wildman–Crippen MR) is 77.9 cm³/mol. The summed E-state index contributed by atoms with van der Waals surface area (Å²) >= 11 is 0. The number of piperidine rings is 1. The van der Waals surface area contributed by atoms with Crippen LogP contribution in [0.25, 0.3) is 0 Å². The van der Waals surface area contributed by atoms with Crippen LogP contribution in [0.2, 0.25) is 0 Å². The van der Waals surface area contributed by atoms with Crippen molar-refractivity contribution in [2.75, 3.05) is 26.2 Å². The van der Waals surface area contributed by atoms with Crippen molar-refractivity contribution >= 4 is 17.9 Å². The molecule has 120 valence electrons. The molecular weight excluding hydrogens is 274 g/mol. The van der Waals surface area contributed by atoms with Crippen molar-refractivity contribution in [1.82, 2.24) is 15.1 Å². The van der Waals surface area contributed by atoms with Crippen molar-refractivity contribution in [3.05, 3.63) is 0 Å². The first-order valence-corrected chi connectivity index (χ1v) is 7.47. The number of rotatable bonds is 5. The number of carboxylic acid groups (broad SMARTS) is 1. The third kappa shape index (κ3) is 4.61. The minimum atomic E-state index is -0.875. The molecule has 1 aliphatic rings. The van der Waals surface area contributed by atoms with E-state index in [1.807, 2.05) is 13.8 Å². The summed E-state index contributed by atoms with van der Waals surface area (Å²) in [5.74, 6) is -1.52. The van der Waals surface area contributed by atoms with Gasteiger partial charge in [-0.05, 0) is 33.6 Å². The Balaban J connectivity index is 2.55. The number of hydrogen-bond acceptors (Lipinski definition) is 3. The molecule has 0 radical (unpaired) electrons. The second kappa shape index (κ2) is 7.85. The zero-order valence-electron chi connectivity index (χ0n) is 13.0. The standard InChI is InChI=1S/C14H25N3O4/c1-4-16(5-2)12(18)10(3)15-14(21)17-8-6-7-11(9-17)13(19)20/h10-11H,4-9H2,1-3H3,(H,15,21)(H,19,20)/t10?,11-/m0/s1. The normalized spacial score (nSPS) is 19.8. The van der Waals surface area contributed by atoms with E-state index in [2.05, 4.69) is 5.32 Å². The maximum absolute atomic E-state index is 12.1. The zero-order chi connectivity index (χ0) is 16.0. The lowest BCUT2D eigenvalue weighted by atomic mass is 9.99. The van der Waals surface area contributed by atoms with Crippen molar-refractivity contribution in [3.8, 4) is 0 Å². The zero-order valence-corrected chi connectivity index (χ0v) is 13.0. The number of likely N-dealkylation sites (tertiary alicyclic amines) is 1. The summed E-state index contributed by atoms with van der Waals surface area (Å²) in [6, 6.07) is -0.975. The number of amides is 3.